The number of para-hydroxylation sites is 1. The van der Waals surface area contributed by atoms with Crippen molar-refractivity contribution in [2.45, 2.75) is 38.4 Å². The molecule has 1 aliphatic heterocycles. The van der Waals surface area contributed by atoms with E-state index < -0.39 is 0 Å². The van der Waals surface area contributed by atoms with Crippen LogP contribution in [0.4, 0.5) is 0 Å². The molecule has 3 heteroatoms. The fourth-order valence-corrected chi connectivity index (χ4v) is 3.04. The highest BCUT2D eigenvalue weighted by atomic mass is 16.5. The lowest BCUT2D eigenvalue weighted by molar-refractivity contribution is 0.124. The molecule has 1 saturated carbocycles. The Labute approximate surface area is 115 Å². The van der Waals surface area contributed by atoms with Gasteiger partial charge in [-0.3, -0.25) is 4.90 Å². The highest BCUT2D eigenvalue weighted by molar-refractivity contribution is 5.33. The van der Waals surface area contributed by atoms with Crippen molar-refractivity contribution in [1.29, 1.82) is 0 Å². The van der Waals surface area contributed by atoms with E-state index in [1.54, 1.807) is 7.11 Å². The lowest BCUT2D eigenvalue weighted by atomic mass is 10.0. The van der Waals surface area contributed by atoms with Gasteiger partial charge in [-0.05, 0) is 31.7 Å². The van der Waals surface area contributed by atoms with Crippen LogP contribution in [0.15, 0.2) is 24.3 Å². The molecule has 0 bridgehead atoms. The molecule has 0 amide bonds. The molecule has 1 aromatic rings. The highest BCUT2D eigenvalue weighted by Gasteiger charge is 2.36. The molecule has 19 heavy (non-hydrogen) atoms. The number of nitrogens with zero attached hydrogens (tertiary/aromatic N) is 1. The number of hydrogen-bond donors (Lipinski definition) is 1. The number of hydrogen-bond acceptors (Lipinski definition) is 3. The summed E-state index contributed by atoms with van der Waals surface area (Å²) in [5.74, 6) is 1.93. The molecule has 3 nitrogen and oxygen atoms in total. The van der Waals surface area contributed by atoms with E-state index >= 15 is 0 Å². The lowest BCUT2D eigenvalue weighted by Crippen LogP contribution is -2.55. The van der Waals surface area contributed by atoms with Crippen LogP contribution in [0.5, 0.6) is 5.75 Å². The standard InChI is InChI=1S/C16H24N2O/c1-12-9-17-15(13-7-8-13)11-18(12)10-14-5-3-4-6-16(14)19-2/h3-6,12-13,15,17H,7-11H2,1-2H3. The Hall–Kier alpha value is -1.06. The maximum absolute atomic E-state index is 5.47. The Morgan fingerprint density at radius 2 is 2.11 bits per heavy atom. The molecule has 0 aromatic heterocycles. The Morgan fingerprint density at radius 1 is 1.32 bits per heavy atom. The van der Waals surface area contributed by atoms with Crippen molar-refractivity contribution in [2.24, 2.45) is 5.92 Å². The van der Waals surface area contributed by atoms with Crippen molar-refractivity contribution in [3.63, 3.8) is 0 Å². The Balaban J connectivity index is 1.69. The van der Waals surface area contributed by atoms with Gasteiger partial charge >= 0.3 is 0 Å². The van der Waals surface area contributed by atoms with E-state index in [1.165, 1.54) is 24.9 Å². The molecule has 1 aliphatic carbocycles. The molecule has 104 valence electrons. The van der Waals surface area contributed by atoms with E-state index in [-0.39, 0.29) is 0 Å². The number of ether oxygens (including phenoxy) is 1. The first-order valence-corrected chi connectivity index (χ1v) is 7.37. The van der Waals surface area contributed by atoms with Crippen LogP contribution < -0.4 is 10.1 Å². The molecule has 1 N–H and O–H groups in total. The zero-order chi connectivity index (χ0) is 13.2. The van der Waals surface area contributed by atoms with Crippen LogP contribution in [0.2, 0.25) is 0 Å². The predicted molar refractivity (Wildman–Crippen MR) is 77.4 cm³/mol. The minimum Gasteiger partial charge on any atom is -0.496 e. The molecule has 3 rings (SSSR count). The zero-order valence-electron chi connectivity index (χ0n) is 11.9. The maximum atomic E-state index is 5.47. The quantitative estimate of drug-likeness (QED) is 0.899. The third-order valence-electron chi connectivity index (χ3n) is 4.49. The Bertz CT molecular complexity index is 431. The predicted octanol–water partition coefficient (Wildman–Crippen LogP) is 2.27. The number of methoxy groups -OCH3 is 1. The van der Waals surface area contributed by atoms with Gasteiger partial charge in [0.2, 0.25) is 0 Å². The first-order chi connectivity index (χ1) is 9.28. The number of rotatable bonds is 4. The second-order valence-corrected chi connectivity index (χ2v) is 5.94. The highest BCUT2D eigenvalue weighted by Crippen LogP contribution is 2.34. The maximum Gasteiger partial charge on any atom is 0.123 e. The van der Waals surface area contributed by atoms with E-state index in [9.17, 15) is 0 Å². The summed E-state index contributed by atoms with van der Waals surface area (Å²) in [6, 6.07) is 9.67. The van der Waals surface area contributed by atoms with Crippen molar-refractivity contribution in [3.8, 4) is 5.75 Å². The molecule has 0 spiro atoms. The summed E-state index contributed by atoms with van der Waals surface area (Å²) in [6.45, 7) is 5.59. The monoisotopic (exact) mass is 260 g/mol. The molecule has 2 unspecified atom stereocenters. The van der Waals surface area contributed by atoms with E-state index in [0.717, 1.165) is 24.8 Å². The molecular formula is C16H24N2O. The third-order valence-corrected chi connectivity index (χ3v) is 4.49. The average molecular weight is 260 g/mol. The lowest BCUT2D eigenvalue weighted by Gasteiger charge is -2.39. The minimum atomic E-state index is 0.597. The molecule has 2 aliphatic rings. The van der Waals surface area contributed by atoms with Gasteiger partial charge in [-0.15, -0.1) is 0 Å². The van der Waals surface area contributed by atoms with E-state index in [1.807, 2.05) is 6.07 Å². The average Bonchev–Trinajstić information content (AvgIpc) is 3.26. The van der Waals surface area contributed by atoms with Crippen molar-refractivity contribution >= 4 is 0 Å². The summed E-state index contributed by atoms with van der Waals surface area (Å²) in [5.41, 5.74) is 1.30. The topological polar surface area (TPSA) is 24.5 Å². The Morgan fingerprint density at radius 3 is 2.84 bits per heavy atom. The van der Waals surface area contributed by atoms with Gasteiger partial charge in [0.05, 0.1) is 7.11 Å². The summed E-state index contributed by atoms with van der Waals surface area (Å²) >= 11 is 0. The van der Waals surface area contributed by atoms with Gasteiger partial charge in [-0.2, -0.15) is 0 Å². The van der Waals surface area contributed by atoms with Crippen molar-refractivity contribution in [3.05, 3.63) is 29.8 Å². The largest absolute Gasteiger partial charge is 0.496 e. The van der Waals surface area contributed by atoms with Crippen LogP contribution >= 0.6 is 0 Å². The summed E-state index contributed by atoms with van der Waals surface area (Å²) in [5, 5.41) is 3.70. The van der Waals surface area contributed by atoms with Crippen LogP contribution in [-0.4, -0.2) is 37.2 Å². The fraction of sp³-hybridized carbons (Fsp3) is 0.625. The van der Waals surface area contributed by atoms with Gasteiger partial charge in [-0.25, -0.2) is 0 Å². The van der Waals surface area contributed by atoms with Gasteiger partial charge in [0.1, 0.15) is 5.75 Å². The number of piperazine rings is 1. The Kier molecular flexibility index (Phi) is 3.76. The summed E-state index contributed by atoms with van der Waals surface area (Å²) in [4.78, 5) is 2.59. The summed E-state index contributed by atoms with van der Waals surface area (Å²) in [6.07, 6.45) is 2.82. The van der Waals surface area contributed by atoms with Gasteiger partial charge < -0.3 is 10.1 Å². The molecular weight excluding hydrogens is 236 g/mol. The van der Waals surface area contributed by atoms with E-state index in [2.05, 4.69) is 35.3 Å². The van der Waals surface area contributed by atoms with Crippen molar-refractivity contribution < 1.29 is 4.74 Å². The van der Waals surface area contributed by atoms with Crippen LogP contribution in [0.1, 0.15) is 25.3 Å². The van der Waals surface area contributed by atoms with Gasteiger partial charge in [0.25, 0.3) is 0 Å². The first-order valence-electron chi connectivity index (χ1n) is 7.37. The fourth-order valence-electron chi connectivity index (χ4n) is 3.04. The van der Waals surface area contributed by atoms with Gasteiger partial charge in [0, 0.05) is 37.3 Å². The van der Waals surface area contributed by atoms with Crippen LogP contribution in [0.3, 0.4) is 0 Å². The molecule has 2 atom stereocenters. The molecule has 1 aromatic carbocycles. The van der Waals surface area contributed by atoms with Crippen molar-refractivity contribution in [1.82, 2.24) is 10.2 Å². The SMILES string of the molecule is COc1ccccc1CN1CC(C2CC2)NCC1C. The van der Waals surface area contributed by atoms with Crippen LogP contribution in [-0.2, 0) is 6.54 Å². The van der Waals surface area contributed by atoms with Gasteiger partial charge in [-0.1, -0.05) is 18.2 Å². The third kappa shape index (κ3) is 2.93. The molecule has 0 radical (unpaired) electrons. The number of benzene rings is 1. The summed E-state index contributed by atoms with van der Waals surface area (Å²) < 4.78 is 5.47. The molecule has 1 saturated heterocycles. The zero-order valence-corrected chi connectivity index (χ0v) is 11.9. The smallest absolute Gasteiger partial charge is 0.123 e. The minimum absolute atomic E-state index is 0.597. The van der Waals surface area contributed by atoms with E-state index in [0.29, 0.717) is 12.1 Å². The molecule has 2 fully saturated rings. The van der Waals surface area contributed by atoms with Crippen molar-refractivity contribution in [2.75, 3.05) is 20.2 Å². The van der Waals surface area contributed by atoms with Gasteiger partial charge in [0.15, 0.2) is 0 Å². The summed E-state index contributed by atoms with van der Waals surface area (Å²) in [7, 11) is 1.76. The van der Waals surface area contributed by atoms with Crippen LogP contribution in [0.25, 0.3) is 0 Å². The first kappa shape index (κ1) is 12.9. The molecule has 1 heterocycles. The number of nitrogens with one attached hydrogen (secondary N) is 1. The second-order valence-electron chi connectivity index (χ2n) is 5.94. The van der Waals surface area contributed by atoms with E-state index in [4.69, 9.17) is 4.74 Å². The second kappa shape index (κ2) is 5.51. The van der Waals surface area contributed by atoms with Crippen LogP contribution in [0, 0.1) is 5.92 Å². The normalized spacial score (nSPS) is 28.3.